The number of amides is 1. The maximum Gasteiger partial charge on any atom is 0.416 e. The average molecular weight is 402 g/mol. The van der Waals surface area contributed by atoms with Crippen LogP contribution in [0, 0.1) is 0 Å². The van der Waals surface area contributed by atoms with Crippen LogP contribution in [-0.2, 0) is 19.0 Å². The van der Waals surface area contributed by atoms with Crippen molar-refractivity contribution in [1.29, 1.82) is 0 Å². The second kappa shape index (κ2) is 7.55. The molecule has 0 spiro atoms. The standard InChI is InChI=1S/C22H21F3N2O2/c23-22(24,25)17-7-3-1-6-15(17)20(28)12-26-21(29)13-9-10-19-16(11-13)14-5-2-4-8-18(14)27-19/h1,3,6-7,9-11,20,27-28H,2,4-5,8,12H2,(H,26,29). The number of halogens is 3. The van der Waals surface area contributed by atoms with Gasteiger partial charge in [-0.3, -0.25) is 4.79 Å². The first-order chi connectivity index (χ1) is 13.8. The Labute approximate surface area is 165 Å². The summed E-state index contributed by atoms with van der Waals surface area (Å²) in [6.07, 6.45) is -1.81. The van der Waals surface area contributed by atoms with Gasteiger partial charge in [0, 0.05) is 28.7 Å². The van der Waals surface area contributed by atoms with E-state index < -0.39 is 23.8 Å². The van der Waals surface area contributed by atoms with Gasteiger partial charge in [-0.05, 0) is 61.1 Å². The largest absolute Gasteiger partial charge is 0.416 e. The summed E-state index contributed by atoms with van der Waals surface area (Å²) in [6.45, 7) is -0.310. The number of benzene rings is 2. The lowest BCUT2D eigenvalue weighted by Gasteiger charge is -2.18. The fourth-order valence-corrected chi connectivity index (χ4v) is 3.99. The van der Waals surface area contributed by atoms with Crippen LogP contribution in [0.5, 0.6) is 0 Å². The van der Waals surface area contributed by atoms with Crippen molar-refractivity contribution in [3.05, 3.63) is 70.4 Å². The van der Waals surface area contributed by atoms with Crippen LogP contribution in [0.15, 0.2) is 42.5 Å². The van der Waals surface area contributed by atoms with E-state index in [9.17, 15) is 23.1 Å². The molecule has 0 radical (unpaired) electrons. The third-order valence-electron chi connectivity index (χ3n) is 5.44. The number of aromatic amines is 1. The molecule has 29 heavy (non-hydrogen) atoms. The van der Waals surface area contributed by atoms with Gasteiger partial charge in [-0.1, -0.05) is 18.2 Å². The number of carbonyl (C=O) groups is 1. The number of hydrogen-bond donors (Lipinski definition) is 3. The molecule has 1 amide bonds. The van der Waals surface area contributed by atoms with Crippen LogP contribution in [0.25, 0.3) is 10.9 Å². The summed E-state index contributed by atoms with van der Waals surface area (Å²) in [5.41, 5.74) is 2.69. The van der Waals surface area contributed by atoms with Crippen LogP contribution in [0.2, 0.25) is 0 Å². The lowest BCUT2D eigenvalue weighted by molar-refractivity contribution is -0.139. The van der Waals surface area contributed by atoms with E-state index >= 15 is 0 Å². The molecule has 0 fully saturated rings. The molecule has 2 aromatic carbocycles. The van der Waals surface area contributed by atoms with Crippen molar-refractivity contribution in [3.63, 3.8) is 0 Å². The molecule has 0 bridgehead atoms. The minimum Gasteiger partial charge on any atom is -0.387 e. The molecule has 1 atom stereocenters. The Bertz CT molecular complexity index is 1060. The first kappa shape index (κ1) is 19.5. The van der Waals surface area contributed by atoms with E-state index in [0.717, 1.165) is 42.7 Å². The Morgan fingerprint density at radius 3 is 2.69 bits per heavy atom. The zero-order chi connectivity index (χ0) is 20.6. The summed E-state index contributed by atoms with van der Waals surface area (Å²) < 4.78 is 39.4. The van der Waals surface area contributed by atoms with E-state index in [4.69, 9.17) is 0 Å². The Kier molecular flexibility index (Phi) is 5.08. The van der Waals surface area contributed by atoms with Gasteiger partial charge in [0.2, 0.25) is 0 Å². The van der Waals surface area contributed by atoms with Gasteiger partial charge in [-0.15, -0.1) is 0 Å². The van der Waals surface area contributed by atoms with Gasteiger partial charge in [0.05, 0.1) is 11.7 Å². The Morgan fingerprint density at radius 2 is 1.90 bits per heavy atom. The summed E-state index contributed by atoms with van der Waals surface area (Å²) in [5.74, 6) is -0.429. The lowest BCUT2D eigenvalue weighted by atomic mass is 9.95. The van der Waals surface area contributed by atoms with E-state index in [0.29, 0.717) is 5.56 Å². The van der Waals surface area contributed by atoms with Crippen LogP contribution in [0.4, 0.5) is 13.2 Å². The minimum absolute atomic E-state index is 0.254. The normalized spacial score (nSPS) is 15.2. The number of H-pyrrole nitrogens is 1. The topological polar surface area (TPSA) is 65.1 Å². The summed E-state index contributed by atoms with van der Waals surface area (Å²) in [4.78, 5) is 15.9. The van der Waals surface area contributed by atoms with Crippen molar-refractivity contribution in [2.24, 2.45) is 0 Å². The zero-order valence-corrected chi connectivity index (χ0v) is 15.6. The van der Waals surface area contributed by atoms with E-state index in [2.05, 4.69) is 10.3 Å². The van der Waals surface area contributed by atoms with Gasteiger partial charge in [-0.2, -0.15) is 13.2 Å². The van der Waals surface area contributed by atoms with E-state index in [1.54, 1.807) is 12.1 Å². The number of aliphatic hydroxyl groups excluding tert-OH is 1. The molecule has 1 aliphatic rings. The Morgan fingerprint density at radius 1 is 1.14 bits per heavy atom. The molecular weight excluding hydrogens is 381 g/mol. The third-order valence-corrected chi connectivity index (χ3v) is 5.44. The van der Waals surface area contributed by atoms with E-state index in [1.165, 1.54) is 29.5 Å². The van der Waals surface area contributed by atoms with Gasteiger partial charge < -0.3 is 15.4 Å². The molecule has 7 heteroatoms. The van der Waals surface area contributed by atoms with Gasteiger partial charge in [0.15, 0.2) is 0 Å². The maximum atomic E-state index is 13.1. The molecule has 3 N–H and O–H groups in total. The molecule has 4 nitrogen and oxygen atoms in total. The van der Waals surface area contributed by atoms with E-state index in [1.807, 2.05) is 6.07 Å². The monoisotopic (exact) mass is 402 g/mol. The molecule has 4 rings (SSSR count). The van der Waals surface area contributed by atoms with Crippen molar-refractivity contribution in [2.45, 2.75) is 38.0 Å². The number of rotatable bonds is 4. The highest BCUT2D eigenvalue weighted by atomic mass is 19.4. The van der Waals surface area contributed by atoms with Crippen LogP contribution >= 0.6 is 0 Å². The SMILES string of the molecule is O=C(NCC(O)c1ccccc1C(F)(F)F)c1ccc2[nH]c3c(c2c1)CCCC3. The number of nitrogens with one attached hydrogen (secondary N) is 2. The number of aryl methyl sites for hydroxylation is 2. The van der Waals surface area contributed by atoms with Crippen molar-refractivity contribution in [1.82, 2.24) is 10.3 Å². The summed E-state index contributed by atoms with van der Waals surface area (Å²) >= 11 is 0. The van der Waals surface area contributed by atoms with Crippen LogP contribution in [0.3, 0.4) is 0 Å². The fraction of sp³-hybridized carbons (Fsp3) is 0.318. The average Bonchev–Trinajstić information content (AvgIpc) is 3.09. The van der Waals surface area contributed by atoms with Crippen LogP contribution < -0.4 is 5.32 Å². The van der Waals surface area contributed by atoms with E-state index in [-0.39, 0.29) is 12.1 Å². The number of alkyl halides is 3. The van der Waals surface area contributed by atoms with Crippen molar-refractivity contribution >= 4 is 16.8 Å². The quantitative estimate of drug-likeness (QED) is 0.600. The predicted molar refractivity (Wildman–Crippen MR) is 104 cm³/mol. The molecule has 1 aliphatic carbocycles. The smallest absolute Gasteiger partial charge is 0.387 e. The third kappa shape index (κ3) is 3.87. The molecule has 1 heterocycles. The highest BCUT2D eigenvalue weighted by Gasteiger charge is 2.34. The van der Waals surface area contributed by atoms with Crippen LogP contribution in [-0.4, -0.2) is 22.5 Å². The summed E-state index contributed by atoms with van der Waals surface area (Å²) in [6, 6.07) is 10.2. The fourth-order valence-electron chi connectivity index (χ4n) is 3.99. The van der Waals surface area contributed by atoms with Crippen molar-refractivity contribution < 1.29 is 23.1 Å². The number of aromatic nitrogens is 1. The highest BCUT2D eigenvalue weighted by Crippen LogP contribution is 2.34. The second-order valence-electron chi connectivity index (χ2n) is 7.36. The Hall–Kier alpha value is -2.80. The van der Waals surface area contributed by atoms with Crippen molar-refractivity contribution in [2.75, 3.05) is 6.54 Å². The Balaban J connectivity index is 1.50. The first-order valence-corrected chi connectivity index (χ1v) is 9.60. The highest BCUT2D eigenvalue weighted by molar-refractivity contribution is 5.99. The molecule has 152 valence electrons. The molecular formula is C22H21F3N2O2. The minimum atomic E-state index is -4.57. The zero-order valence-electron chi connectivity index (χ0n) is 15.6. The first-order valence-electron chi connectivity index (χ1n) is 9.60. The van der Waals surface area contributed by atoms with Crippen molar-refractivity contribution in [3.8, 4) is 0 Å². The summed E-state index contributed by atoms with van der Waals surface area (Å²) in [7, 11) is 0. The predicted octanol–water partition coefficient (Wildman–Crippen LogP) is 4.53. The summed E-state index contributed by atoms with van der Waals surface area (Å²) in [5, 5.41) is 13.8. The van der Waals surface area contributed by atoms with Crippen LogP contribution in [0.1, 0.15) is 51.7 Å². The molecule has 0 aliphatic heterocycles. The number of fused-ring (bicyclic) bond motifs is 3. The van der Waals surface area contributed by atoms with Gasteiger partial charge in [0.25, 0.3) is 5.91 Å². The van der Waals surface area contributed by atoms with Gasteiger partial charge in [-0.25, -0.2) is 0 Å². The molecule has 0 saturated heterocycles. The van der Waals surface area contributed by atoms with Gasteiger partial charge in [0.1, 0.15) is 0 Å². The number of hydrogen-bond acceptors (Lipinski definition) is 2. The molecule has 1 unspecified atom stereocenters. The molecule has 0 saturated carbocycles. The second-order valence-corrected chi connectivity index (χ2v) is 7.36. The van der Waals surface area contributed by atoms with Gasteiger partial charge >= 0.3 is 6.18 Å². The lowest BCUT2D eigenvalue weighted by Crippen LogP contribution is -2.29. The number of carbonyl (C=O) groups excluding carboxylic acids is 1. The molecule has 1 aromatic heterocycles. The maximum absolute atomic E-state index is 13.1. The molecule has 3 aromatic rings. The number of aliphatic hydroxyl groups is 1.